The van der Waals surface area contributed by atoms with Gasteiger partial charge in [0.1, 0.15) is 5.82 Å². The van der Waals surface area contributed by atoms with Crippen LogP contribution in [0.2, 0.25) is 0 Å². The predicted octanol–water partition coefficient (Wildman–Crippen LogP) is 3.47. The molecule has 2 aromatic rings. The van der Waals surface area contributed by atoms with Gasteiger partial charge in [-0.1, -0.05) is 55.5 Å². The van der Waals surface area contributed by atoms with Crippen molar-refractivity contribution in [2.45, 2.75) is 18.4 Å². The van der Waals surface area contributed by atoms with Crippen LogP contribution in [0.15, 0.2) is 54.6 Å². The van der Waals surface area contributed by atoms with Gasteiger partial charge in [-0.2, -0.15) is 0 Å². The Bertz CT molecular complexity index is 657. The van der Waals surface area contributed by atoms with Gasteiger partial charge < -0.3 is 5.11 Å². The number of halogens is 1. The lowest BCUT2D eigenvalue weighted by molar-refractivity contribution is -0.152. The fourth-order valence-electron chi connectivity index (χ4n) is 3.11. The third kappa shape index (κ3) is 2.50. The maximum atomic E-state index is 14.4. The molecule has 22 heavy (non-hydrogen) atoms. The quantitative estimate of drug-likeness (QED) is 0.919. The van der Waals surface area contributed by atoms with Gasteiger partial charge in [0, 0.05) is 11.5 Å². The van der Waals surface area contributed by atoms with Crippen LogP contribution >= 0.6 is 0 Å². The van der Waals surface area contributed by atoms with Gasteiger partial charge in [-0.25, -0.2) is 9.18 Å². The van der Waals surface area contributed by atoms with E-state index in [1.165, 1.54) is 6.07 Å². The summed E-state index contributed by atoms with van der Waals surface area (Å²) in [6.45, 7) is 1.82. The van der Waals surface area contributed by atoms with Crippen LogP contribution in [-0.4, -0.2) is 30.1 Å². The summed E-state index contributed by atoms with van der Waals surface area (Å²) >= 11 is 0. The second kappa shape index (κ2) is 6.28. The SMILES string of the molecule is CC(c1ccccc1)[C@@](C(=O)O)(c1ccccc1F)N(C)C. The summed E-state index contributed by atoms with van der Waals surface area (Å²) in [6.07, 6.45) is 0. The summed E-state index contributed by atoms with van der Waals surface area (Å²) in [6, 6.07) is 15.4. The molecule has 0 amide bonds. The molecule has 0 spiro atoms. The van der Waals surface area contributed by atoms with Gasteiger partial charge in [-0.05, 0) is 25.7 Å². The highest BCUT2D eigenvalue weighted by atomic mass is 19.1. The average molecular weight is 301 g/mol. The monoisotopic (exact) mass is 301 g/mol. The molecule has 2 rings (SSSR count). The maximum Gasteiger partial charge on any atom is 0.329 e. The van der Waals surface area contributed by atoms with Crippen LogP contribution in [0.3, 0.4) is 0 Å². The first-order valence-electron chi connectivity index (χ1n) is 7.13. The van der Waals surface area contributed by atoms with E-state index in [1.54, 1.807) is 37.2 Å². The second-order valence-electron chi connectivity index (χ2n) is 5.58. The van der Waals surface area contributed by atoms with Crippen molar-refractivity contribution in [2.75, 3.05) is 14.1 Å². The maximum absolute atomic E-state index is 14.4. The van der Waals surface area contributed by atoms with Gasteiger partial charge in [0.15, 0.2) is 5.54 Å². The smallest absolute Gasteiger partial charge is 0.329 e. The normalized spacial score (nSPS) is 15.3. The lowest BCUT2D eigenvalue weighted by Gasteiger charge is -2.41. The number of hydrogen-bond donors (Lipinski definition) is 1. The summed E-state index contributed by atoms with van der Waals surface area (Å²) in [7, 11) is 3.33. The highest BCUT2D eigenvalue weighted by molar-refractivity contribution is 5.82. The van der Waals surface area contributed by atoms with Crippen molar-refractivity contribution in [1.82, 2.24) is 4.90 Å². The standard InChI is InChI=1S/C18H20FNO2/c1-13(14-9-5-4-6-10-14)18(17(21)22,20(2)3)15-11-7-8-12-16(15)19/h4-13H,1-3H3,(H,21,22)/t13?,18-/m0/s1. The summed E-state index contributed by atoms with van der Waals surface area (Å²) < 4.78 is 14.4. The summed E-state index contributed by atoms with van der Waals surface area (Å²) in [5.74, 6) is -2.02. The number of likely N-dealkylation sites (N-methyl/N-ethyl adjacent to an activating group) is 1. The minimum absolute atomic E-state index is 0.170. The first-order valence-corrected chi connectivity index (χ1v) is 7.13. The molecule has 4 heteroatoms. The third-order valence-electron chi connectivity index (χ3n) is 4.24. The zero-order valence-corrected chi connectivity index (χ0v) is 13.0. The third-order valence-corrected chi connectivity index (χ3v) is 4.24. The van der Waals surface area contributed by atoms with Crippen LogP contribution in [0.4, 0.5) is 4.39 Å². The average Bonchev–Trinajstić information content (AvgIpc) is 2.50. The lowest BCUT2D eigenvalue weighted by Crippen LogP contribution is -2.52. The Morgan fingerprint density at radius 1 is 1.09 bits per heavy atom. The lowest BCUT2D eigenvalue weighted by atomic mass is 9.74. The zero-order valence-electron chi connectivity index (χ0n) is 13.0. The number of carbonyl (C=O) groups is 1. The first kappa shape index (κ1) is 16.2. The van der Waals surface area contributed by atoms with Gasteiger partial charge in [-0.15, -0.1) is 0 Å². The van der Waals surface area contributed by atoms with Crippen LogP contribution in [-0.2, 0) is 10.3 Å². The number of carboxylic acid groups (broad SMARTS) is 1. The molecule has 2 atom stereocenters. The van der Waals surface area contributed by atoms with Crippen molar-refractivity contribution in [3.8, 4) is 0 Å². The highest BCUT2D eigenvalue weighted by Gasteiger charge is 2.49. The number of rotatable bonds is 5. The van der Waals surface area contributed by atoms with E-state index in [4.69, 9.17) is 0 Å². The molecule has 0 fully saturated rings. The number of benzene rings is 2. The molecule has 0 radical (unpaired) electrons. The van der Waals surface area contributed by atoms with E-state index in [-0.39, 0.29) is 5.56 Å². The highest BCUT2D eigenvalue weighted by Crippen LogP contribution is 2.42. The molecule has 3 nitrogen and oxygen atoms in total. The fraction of sp³-hybridized carbons (Fsp3) is 0.278. The van der Waals surface area contributed by atoms with Crippen molar-refractivity contribution in [3.05, 3.63) is 71.5 Å². The Morgan fingerprint density at radius 3 is 2.14 bits per heavy atom. The van der Waals surface area contributed by atoms with Crippen LogP contribution in [0.25, 0.3) is 0 Å². The topological polar surface area (TPSA) is 40.5 Å². The van der Waals surface area contributed by atoms with E-state index in [0.29, 0.717) is 0 Å². The predicted molar refractivity (Wildman–Crippen MR) is 84.3 cm³/mol. The van der Waals surface area contributed by atoms with Gasteiger partial charge in [0.05, 0.1) is 0 Å². The molecule has 0 heterocycles. The Morgan fingerprint density at radius 2 is 1.64 bits per heavy atom. The molecular weight excluding hydrogens is 281 g/mol. The van der Waals surface area contributed by atoms with Crippen LogP contribution in [0, 0.1) is 5.82 Å². The Kier molecular flexibility index (Phi) is 4.62. The summed E-state index contributed by atoms with van der Waals surface area (Å²) in [5.41, 5.74) is -0.460. The first-order chi connectivity index (χ1) is 10.4. The molecule has 0 aliphatic carbocycles. The van der Waals surface area contributed by atoms with Gasteiger partial charge in [0.25, 0.3) is 0 Å². The molecule has 116 valence electrons. The number of hydrogen-bond acceptors (Lipinski definition) is 2. The Balaban J connectivity index is 2.71. The summed E-state index contributed by atoms with van der Waals surface area (Å²) in [5, 5.41) is 10.00. The number of aliphatic carboxylic acids is 1. The van der Waals surface area contributed by atoms with Crippen LogP contribution in [0.5, 0.6) is 0 Å². The van der Waals surface area contributed by atoms with Crippen LogP contribution < -0.4 is 0 Å². The Hall–Kier alpha value is -2.20. The number of carboxylic acids is 1. The van der Waals surface area contributed by atoms with Crippen molar-refractivity contribution in [3.63, 3.8) is 0 Å². The van der Waals surface area contributed by atoms with E-state index in [0.717, 1.165) is 5.56 Å². The minimum Gasteiger partial charge on any atom is -0.480 e. The van der Waals surface area contributed by atoms with E-state index in [1.807, 2.05) is 37.3 Å². The van der Waals surface area contributed by atoms with E-state index < -0.39 is 23.2 Å². The molecule has 0 bridgehead atoms. The van der Waals surface area contributed by atoms with Gasteiger partial charge in [-0.3, -0.25) is 4.90 Å². The van der Waals surface area contributed by atoms with Gasteiger partial charge in [0.2, 0.25) is 0 Å². The van der Waals surface area contributed by atoms with Crippen molar-refractivity contribution < 1.29 is 14.3 Å². The van der Waals surface area contributed by atoms with E-state index in [2.05, 4.69) is 0 Å². The van der Waals surface area contributed by atoms with Gasteiger partial charge >= 0.3 is 5.97 Å². The molecule has 0 saturated heterocycles. The van der Waals surface area contributed by atoms with Crippen molar-refractivity contribution in [1.29, 1.82) is 0 Å². The molecule has 1 N–H and O–H groups in total. The minimum atomic E-state index is -1.48. The molecule has 0 aliphatic rings. The molecule has 1 unspecified atom stereocenters. The molecule has 0 saturated carbocycles. The molecule has 0 aromatic heterocycles. The van der Waals surface area contributed by atoms with E-state index >= 15 is 0 Å². The second-order valence-corrected chi connectivity index (χ2v) is 5.58. The largest absolute Gasteiger partial charge is 0.480 e. The van der Waals surface area contributed by atoms with Crippen molar-refractivity contribution in [2.24, 2.45) is 0 Å². The van der Waals surface area contributed by atoms with Crippen molar-refractivity contribution >= 4 is 5.97 Å². The van der Waals surface area contributed by atoms with Crippen LogP contribution in [0.1, 0.15) is 24.0 Å². The zero-order chi connectivity index (χ0) is 16.3. The Labute approximate surface area is 130 Å². The molecular formula is C18H20FNO2. The fourth-order valence-corrected chi connectivity index (χ4v) is 3.11. The number of nitrogens with zero attached hydrogens (tertiary/aromatic N) is 1. The van der Waals surface area contributed by atoms with E-state index in [9.17, 15) is 14.3 Å². The summed E-state index contributed by atoms with van der Waals surface area (Å²) in [4.78, 5) is 13.8. The molecule has 0 aliphatic heterocycles. The molecule has 2 aromatic carbocycles.